The van der Waals surface area contributed by atoms with Crippen molar-refractivity contribution in [2.24, 2.45) is 0 Å². The molecule has 8 nitrogen and oxygen atoms in total. The molecule has 0 aliphatic heterocycles. The summed E-state index contributed by atoms with van der Waals surface area (Å²) in [6.07, 6.45) is 5.06. The Morgan fingerprint density at radius 1 is 0.925 bits per heavy atom. The maximum atomic E-state index is 12.5. The number of nitrogens with zero attached hydrogens (tertiary/aromatic N) is 1. The van der Waals surface area contributed by atoms with Crippen LogP contribution >= 0.6 is 11.6 Å². The summed E-state index contributed by atoms with van der Waals surface area (Å²) < 4.78 is 22.1. The van der Waals surface area contributed by atoms with Crippen molar-refractivity contribution in [2.75, 3.05) is 20.8 Å². The monoisotopic (exact) mass is 560 g/mol. The summed E-state index contributed by atoms with van der Waals surface area (Å²) in [4.78, 5) is 24.6. The average Bonchev–Trinajstić information content (AvgIpc) is 2.98. The van der Waals surface area contributed by atoms with Crippen LogP contribution in [0.3, 0.4) is 0 Å². The maximum Gasteiger partial charge on any atom is 0.336 e. The van der Waals surface area contributed by atoms with E-state index in [0.29, 0.717) is 40.8 Å². The van der Waals surface area contributed by atoms with E-state index in [1.807, 2.05) is 25.1 Å². The number of amides is 1. The third-order valence-corrected chi connectivity index (χ3v) is 5.77. The van der Waals surface area contributed by atoms with Crippen LogP contribution in [-0.4, -0.2) is 32.6 Å². The van der Waals surface area contributed by atoms with E-state index in [1.54, 1.807) is 48.5 Å². The molecule has 0 aromatic heterocycles. The highest BCUT2D eigenvalue weighted by Gasteiger charge is 2.12. The summed E-state index contributed by atoms with van der Waals surface area (Å²) >= 11 is 5.93. The predicted octanol–water partition coefficient (Wildman–Crippen LogP) is 5.99. The lowest BCUT2D eigenvalue weighted by molar-refractivity contribution is -0.129. The second kappa shape index (κ2) is 15.0. The van der Waals surface area contributed by atoms with Crippen LogP contribution in [0.2, 0.25) is 5.02 Å². The number of carbonyl (C=O) groups is 2. The first kappa shape index (κ1) is 29.8. The van der Waals surface area contributed by atoms with E-state index in [0.717, 1.165) is 12.0 Å². The number of ether oxygens (including phenoxy) is 4. The molecule has 1 amide bonds. The van der Waals surface area contributed by atoms with Crippen LogP contribution in [0, 0.1) is 11.3 Å². The Labute approximate surface area is 238 Å². The summed E-state index contributed by atoms with van der Waals surface area (Å²) in [5.41, 5.74) is 2.16. The smallest absolute Gasteiger partial charge is 0.336 e. The molecule has 1 N–H and O–H groups in total. The summed E-state index contributed by atoms with van der Waals surface area (Å²) in [6.45, 7) is 2.73. The number of nitriles is 1. The number of carbonyl (C=O) groups excluding carboxylic acids is 2. The van der Waals surface area contributed by atoms with Gasteiger partial charge in [-0.25, -0.2) is 4.79 Å². The van der Waals surface area contributed by atoms with Crippen LogP contribution in [0.15, 0.2) is 72.3 Å². The number of hydrogen-bond acceptors (Lipinski definition) is 7. The van der Waals surface area contributed by atoms with Gasteiger partial charge in [0.25, 0.3) is 5.91 Å². The first-order valence-electron chi connectivity index (χ1n) is 12.4. The molecule has 0 fully saturated rings. The van der Waals surface area contributed by atoms with Crippen molar-refractivity contribution in [3.05, 3.63) is 94.0 Å². The SMILES string of the molecule is CCCNC(=O)/C(C#N)=C/c1ccc(OC(=O)/C=C/c2ccc(OCc3ccc(Cl)cc3)c(OC)c2)c(OC)c1. The zero-order valence-electron chi connectivity index (χ0n) is 22.4. The molecule has 0 bridgehead atoms. The van der Waals surface area contributed by atoms with Gasteiger partial charge in [0.2, 0.25) is 0 Å². The lowest BCUT2D eigenvalue weighted by Gasteiger charge is -2.11. The number of esters is 1. The Morgan fingerprint density at radius 2 is 1.57 bits per heavy atom. The number of rotatable bonds is 12. The van der Waals surface area contributed by atoms with Crippen LogP contribution in [0.4, 0.5) is 0 Å². The van der Waals surface area contributed by atoms with Gasteiger partial charge in [-0.3, -0.25) is 4.79 Å². The molecular weight excluding hydrogens is 532 g/mol. The van der Waals surface area contributed by atoms with Gasteiger partial charge >= 0.3 is 5.97 Å². The highest BCUT2D eigenvalue weighted by Crippen LogP contribution is 2.31. The Bertz CT molecular complexity index is 1440. The number of halogens is 1. The molecule has 9 heteroatoms. The van der Waals surface area contributed by atoms with Crippen molar-refractivity contribution in [2.45, 2.75) is 20.0 Å². The average molecular weight is 561 g/mol. The molecule has 0 saturated heterocycles. The first-order valence-corrected chi connectivity index (χ1v) is 12.8. The van der Waals surface area contributed by atoms with Gasteiger partial charge in [-0.15, -0.1) is 0 Å². The topological polar surface area (TPSA) is 107 Å². The lowest BCUT2D eigenvalue weighted by Crippen LogP contribution is -2.25. The summed E-state index contributed by atoms with van der Waals surface area (Å²) in [5.74, 6) is 0.438. The molecule has 0 aliphatic rings. The van der Waals surface area contributed by atoms with Gasteiger partial charge in [-0.2, -0.15) is 5.26 Å². The number of hydrogen-bond donors (Lipinski definition) is 1. The highest BCUT2D eigenvalue weighted by molar-refractivity contribution is 6.30. The van der Waals surface area contributed by atoms with Gasteiger partial charge in [-0.1, -0.05) is 42.8 Å². The van der Waals surface area contributed by atoms with Crippen molar-refractivity contribution in [3.8, 4) is 29.1 Å². The Morgan fingerprint density at radius 3 is 2.25 bits per heavy atom. The van der Waals surface area contributed by atoms with Crippen LogP contribution in [-0.2, 0) is 16.2 Å². The minimum absolute atomic E-state index is 0.0417. The van der Waals surface area contributed by atoms with E-state index in [1.165, 1.54) is 32.4 Å². The molecule has 40 heavy (non-hydrogen) atoms. The largest absolute Gasteiger partial charge is 0.493 e. The molecule has 3 rings (SSSR count). The van der Waals surface area contributed by atoms with Crippen molar-refractivity contribution < 1.29 is 28.5 Å². The maximum absolute atomic E-state index is 12.5. The van der Waals surface area contributed by atoms with Crippen LogP contribution in [0.1, 0.15) is 30.0 Å². The van der Waals surface area contributed by atoms with Crippen LogP contribution < -0.4 is 24.3 Å². The molecule has 0 atom stereocenters. The minimum atomic E-state index is -0.625. The van der Waals surface area contributed by atoms with Gasteiger partial charge in [0.15, 0.2) is 23.0 Å². The fourth-order valence-corrected chi connectivity index (χ4v) is 3.59. The molecule has 0 aliphatic carbocycles. The molecule has 0 unspecified atom stereocenters. The molecule has 0 radical (unpaired) electrons. The first-order chi connectivity index (χ1) is 19.4. The van der Waals surface area contributed by atoms with E-state index >= 15 is 0 Å². The Hall–Kier alpha value is -4.74. The quantitative estimate of drug-likeness (QED) is 0.125. The zero-order chi connectivity index (χ0) is 28.9. The summed E-state index contributed by atoms with van der Waals surface area (Å²) in [7, 11) is 2.96. The van der Waals surface area contributed by atoms with Gasteiger partial charge < -0.3 is 24.3 Å². The minimum Gasteiger partial charge on any atom is -0.493 e. The van der Waals surface area contributed by atoms with E-state index in [-0.39, 0.29) is 17.1 Å². The second-order valence-corrected chi connectivity index (χ2v) is 8.85. The normalized spacial score (nSPS) is 11.0. The van der Waals surface area contributed by atoms with E-state index < -0.39 is 11.9 Å². The van der Waals surface area contributed by atoms with Gasteiger partial charge in [-0.05, 0) is 71.7 Å². The summed E-state index contributed by atoms with van der Waals surface area (Å²) in [6, 6.07) is 19.3. The fraction of sp³-hybridized carbons (Fsp3) is 0.194. The highest BCUT2D eigenvalue weighted by atomic mass is 35.5. The molecule has 0 spiro atoms. The zero-order valence-corrected chi connectivity index (χ0v) is 23.2. The Balaban J connectivity index is 1.66. The lowest BCUT2D eigenvalue weighted by atomic mass is 10.1. The van der Waals surface area contributed by atoms with Crippen molar-refractivity contribution in [1.29, 1.82) is 5.26 Å². The predicted molar refractivity (Wildman–Crippen MR) is 153 cm³/mol. The number of benzene rings is 3. The number of nitrogens with one attached hydrogen (secondary N) is 1. The van der Waals surface area contributed by atoms with Gasteiger partial charge in [0.1, 0.15) is 18.2 Å². The van der Waals surface area contributed by atoms with Crippen LogP contribution in [0.25, 0.3) is 12.2 Å². The number of methoxy groups -OCH3 is 2. The van der Waals surface area contributed by atoms with Crippen molar-refractivity contribution in [1.82, 2.24) is 5.32 Å². The summed E-state index contributed by atoms with van der Waals surface area (Å²) in [5, 5.41) is 12.7. The van der Waals surface area contributed by atoms with Crippen molar-refractivity contribution >= 4 is 35.6 Å². The standard InChI is InChI=1S/C31H29ClN2O6/c1-4-15-34-31(36)24(19-33)16-23-8-13-27(29(18-23)38-3)40-30(35)14-9-21-7-12-26(28(17-21)37-2)39-20-22-5-10-25(32)11-6-22/h5-14,16-18H,4,15,20H2,1-3H3,(H,34,36)/b14-9+,24-16+. The van der Waals surface area contributed by atoms with E-state index in [9.17, 15) is 14.9 Å². The fourth-order valence-electron chi connectivity index (χ4n) is 3.46. The third kappa shape index (κ3) is 8.65. The molecule has 0 saturated carbocycles. The van der Waals surface area contributed by atoms with Crippen LogP contribution in [0.5, 0.6) is 23.0 Å². The molecule has 206 valence electrons. The van der Waals surface area contributed by atoms with Crippen molar-refractivity contribution in [3.63, 3.8) is 0 Å². The molecule has 0 heterocycles. The van der Waals surface area contributed by atoms with Gasteiger partial charge in [0, 0.05) is 17.6 Å². The third-order valence-electron chi connectivity index (χ3n) is 5.52. The van der Waals surface area contributed by atoms with E-state index in [4.69, 9.17) is 30.5 Å². The molecule has 3 aromatic carbocycles. The van der Waals surface area contributed by atoms with Gasteiger partial charge in [0.05, 0.1) is 14.2 Å². The molecular formula is C31H29ClN2O6. The van der Waals surface area contributed by atoms with E-state index in [2.05, 4.69) is 5.32 Å². The Kier molecular flexibility index (Phi) is 11.2. The second-order valence-electron chi connectivity index (χ2n) is 8.42. The molecule has 3 aromatic rings.